The fourth-order valence-electron chi connectivity index (χ4n) is 2.31. The number of carbonyl (C=O) groups excluding carboxylic acids is 1. The molecule has 0 aromatic carbocycles. The van der Waals surface area contributed by atoms with Crippen molar-refractivity contribution < 1.29 is 13.9 Å². The quantitative estimate of drug-likeness (QED) is 0.903. The van der Waals surface area contributed by atoms with Crippen LogP contribution in [-0.2, 0) is 4.74 Å². The fraction of sp³-hybridized carbons (Fsp3) is 0.583. The molecule has 1 aromatic heterocycles. The van der Waals surface area contributed by atoms with E-state index in [0.717, 1.165) is 12.8 Å². The maximum atomic E-state index is 12.3. The van der Waals surface area contributed by atoms with Crippen molar-refractivity contribution in [1.82, 2.24) is 4.90 Å². The van der Waals surface area contributed by atoms with E-state index in [9.17, 15) is 4.79 Å². The summed E-state index contributed by atoms with van der Waals surface area (Å²) in [6, 6.07) is 1.71. The van der Waals surface area contributed by atoms with Crippen molar-refractivity contribution in [2.75, 3.05) is 20.2 Å². The van der Waals surface area contributed by atoms with Crippen LogP contribution < -0.4 is 5.73 Å². The summed E-state index contributed by atoms with van der Waals surface area (Å²) in [6.07, 6.45) is 3.29. The highest BCUT2D eigenvalue weighted by molar-refractivity contribution is 9.10. The van der Waals surface area contributed by atoms with E-state index < -0.39 is 0 Å². The lowest BCUT2D eigenvalue weighted by atomic mass is 9.98. The monoisotopic (exact) mass is 352 g/mol. The Balaban J connectivity index is 0.00000180. The van der Waals surface area contributed by atoms with Crippen molar-refractivity contribution >= 4 is 34.2 Å². The van der Waals surface area contributed by atoms with Crippen LogP contribution in [0.2, 0.25) is 0 Å². The number of likely N-dealkylation sites (tertiary alicyclic amines) is 1. The highest BCUT2D eigenvalue weighted by atomic mass is 79.9. The normalized spacial score (nSPS) is 23.0. The Kier molecular flexibility index (Phi) is 6.32. The van der Waals surface area contributed by atoms with E-state index >= 15 is 0 Å². The summed E-state index contributed by atoms with van der Waals surface area (Å²) in [6.45, 7) is 1.12. The van der Waals surface area contributed by atoms with Crippen LogP contribution in [0.25, 0.3) is 0 Å². The zero-order valence-corrected chi connectivity index (χ0v) is 13.1. The first kappa shape index (κ1) is 16.5. The molecular formula is C12H18BrClN2O3. The molecule has 0 aliphatic carbocycles. The molecule has 2 rings (SSSR count). The fourth-order valence-corrected chi connectivity index (χ4v) is 2.65. The van der Waals surface area contributed by atoms with Gasteiger partial charge in [0.2, 0.25) is 0 Å². The summed E-state index contributed by atoms with van der Waals surface area (Å²) in [5, 5.41) is 0. The van der Waals surface area contributed by atoms with Crippen LogP contribution in [-0.4, -0.2) is 43.2 Å². The van der Waals surface area contributed by atoms with Crippen molar-refractivity contribution in [2.45, 2.75) is 25.0 Å². The maximum absolute atomic E-state index is 12.3. The van der Waals surface area contributed by atoms with Gasteiger partial charge in [0.05, 0.1) is 11.7 Å². The lowest BCUT2D eigenvalue weighted by Crippen LogP contribution is -2.51. The van der Waals surface area contributed by atoms with Gasteiger partial charge >= 0.3 is 0 Å². The molecule has 2 unspecified atom stereocenters. The molecule has 1 amide bonds. The molecule has 2 heterocycles. The largest absolute Gasteiger partial charge is 0.457 e. The molecule has 2 atom stereocenters. The number of piperidine rings is 1. The van der Waals surface area contributed by atoms with Crippen LogP contribution in [0.5, 0.6) is 0 Å². The second-order valence-corrected chi connectivity index (χ2v) is 5.19. The van der Waals surface area contributed by atoms with E-state index in [-0.39, 0.29) is 30.5 Å². The van der Waals surface area contributed by atoms with Crippen molar-refractivity contribution in [2.24, 2.45) is 5.73 Å². The summed E-state index contributed by atoms with van der Waals surface area (Å²) in [4.78, 5) is 14.1. The highest BCUT2D eigenvalue weighted by Crippen LogP contribution is 2.23. The Hall–Kier alpha value is -0.560. The smallest absolute Gasteiger partial charge is 0.257 e. The van der Waals surface area contributed by atoms with Gasteiger partial charge in [-0.05, 0) is 28.8 Å². The average Bonchev–Trinajstić information content (AvgIpc) is 2.83. The molecule has 1 fully saturated rings. The third-order valence-electron chi connectivity index (χ3n) is 3.35. The Morgan fingerprint density at radius 3 is 2.95 bits per heavy atom. The number of rotatable bonds is 3. The van der Waals surface area contributed by atoms with Gasteiger partial charge in [0.15, 0.2) is 4.67 Å². The van der Waals surface area contributed by atoms with Crippen molar-refractivity contribution in [1.29, 1.82) is 0 Å². The molecule has 0 bridgehead atoms. The molecule has 1 aliphatic rings. The van der Waals surface area contributed by atoms with Crippen molar-refractivity contribution in [3.05, 3.63) is 22.6 Å². The second-order valence-electron chi connectivity index (χ2n) is 4.41. The number of furan rings is 1. The third-order valence-corrected chi connectivity index (χ3v) is 3.76. The molecule has 7 heteroatoms. The van der Waals surface area contributed by atoms with E-state index in [1.807, 2.05) is 4.90 Å². The first-order valence-corrected chi connectivity index (χ1v) is 6.73. The molecule has 0 radical (unpaired) electrons. The zero-order chi connectivity index (χ0) is 13.1. The Bertz CT molecular complexity index is 427. The average molecular weight is 354 g/mol. The Morgan fingerprint density at radius 1 is 1.68 bits per heavy atom. The van der Waals surface area contributed by atoms with Gasteiger partial charge in [0, 0.05) is 32.3 Å². The summed E-state index contributed by atoms with van der Waals surface area (Å²) in [5.41, 5.74) is 6.30. The van der Waals surface area contributed by atoms with Gasteiger partial charge in [0.25, 0.3) is 5.91 Å². The predicted molar refractivity (Wildman–Crippen MR) is 77.6 cm³/mol. The van der Waals surface area contributed by atoms with Crippen LogP contribution in [0.3, 0.4) is 0 Å². The second kappa shape index (κ2) is 7.28. The minimum Gasteiger partial charge on any atom is -0.457 e. The molecule has 5 nitrogen and oxygen atoms in total. The van der Waals surface area contributed by atoms with Gasteiger partial charge in [-0.15, -0.1) is 12.4 Å². The van der Waals surface area contributed by atoms with Gasteiger partial charge in [-0.2, -0.15) is 0 Å². The molecule has 1 aromatic rings. The first-order valence-electron chi connectivity index (χ1n) is 5.93. The number of ether oxygens (including phenoxy) is 1. The number of carbonyl (C=O) groups is 1. The standard InChI is InChI=1S/C12H17BrN2O3.ClH/c1-17-10-2-3-15(9(5-10)6-14)12(16)8-4-11(13)18-7-8;/h4,7,9-10H,2-3,5-6,14H2,1H3;1H. The number of amides is 1. The van der Waals surface area contributed by atoms with Gasteiger partial charge in [0.1, 0.15) is 6.26 Å². The number of nitrogens with zero attached hydrogens (tertiary/aromatic N) is 1. The minimum absolute atomic E-state index is 0. The highest BCUT2D eigenvalue weighted by Gasteiger charge is 2.31. The summed E-state index contributed by atoms with van der Waals surface area (Å²) < 4.78 is 11.0. The Morgan fingerprint density at radius 2 is 2.42 bits per heavy atom. The first-order chi connectivity index (χ1) is 8.65. The van der Waals surface area contributed by atoms with Crippen LogP contribution >= 0.6 is 28.3 Å². The van der Waals surface area contributed by atoms with Crippen molar-refractivity contribution in [3.8, 4) is 0 Å². The molecule has 0 spiro atoms. The van der Waals surface area contributed by atoms with Gasteiger partial charge in [-0.1, -0.05) is 0 Å². The van der Waals surface area contributed by atoms with E-state index in [4.69, 9.17) is 14.9 Å². The number of halogens is 2. The number of hydrogen-bond acceptors (Lipinski definition) is 4. The lowest BCUT2D eigenvalue weighted by molar-refractivity contribution is 0.0139. The molecule has 0 saturated carbocycles. The topological polar surface area (TPSA) is 68.7 Å². The summed E-state index contributed by atoms with van der Waals surface area (Å²) in [5.74, 6) is -0.0329. The van der Waals surface area contributed by atoms with Crippen LogP contribution in [0.1, 0.15) is 23.2 Å². The predicted octanol–water partition coefficient (Wildman–Crippen LogP) is 2.04. The molecular weight excluding hydrogens is 336 g/mol. The van der Waals surface area contributed by atoms with E-state index in [0.29, 0.717) is 23.3 Å². The third kappa shape index (κ3) is 3.72. The number of hydrogen-bond donors (Lipinski definition) is 1. The molecule has 2 N–H and O–H groups in total. The molecule has 108 valence electrons. The summed E-state index contributed by atoms with van der Waals surface area (Å²) >= 11 is 3.20. The van der Waals surface area contributed by atoms with Gasteiger partial charge in [-0.25, -0.2) is 0 Å². The van der Waals surface area contributed by atoms with Crippen LogP contribution in [0, 0.1) is 0 Å². The van der Waals surface area contributed by atoms with E-state index in [1.165, 1.54) is 6.26 Å². The van der Waals surface area contributed by atoms with Crippen LogP contribution in [0.4, 0.5) is 0 Å². The van der Waals surface area contributed by atoms with E-state index in [1.54, 1.807) is 13.2 Å². The minimum atomic E-state index is -0.0329. The van der Waals surface area contributed by atoms with Crippen LogP contribution in [0.15, 0.2) is 21.4 Å². The SMILES string of the molecule is COC1CCN(C(=O)c2coc(Br)c2)C(CN)C1.Cl. The van der Waals surface area contributed by atoms with Gasteiger partial charge in [-0.3, -0.25) is 4.79 Å². The number of nitrogens with two attached hydrogens (primary N) is 1. The van der Waals surface area contributed by atoms with E-state index in [2.05, 4.69) is 15.9 Å². The number of methoxy groups -OCH3 is 1. The maximum Gasteiger partial charge on any atom is 0.257 e. The van der Waals surface area contributed by atoms with Gasteiger partial charge < -0.3 is 19.8 Å². The Labute approximate surface area is 127 Å². The molecule has 1 aliphatic heterocycles. The molecule has 19 heavy (non-hydrogen) atoms. The zero-order valence-electron chi connectivity index (χ0n) is 10.7. The lowest BCUT2D eigenvalue weighted by Gasteiger charge is -2.38. The molecule has 1 saturated heterocycles. The van der Waals surface area contributed by atoms with Crippen molar-refractivity contribution in [3.63, 3.8) is 0 Å². The summed E-state index contributed by atoms with van der Waals surface area (Å²) in [7, 11) is 1.70.